The Hall–Kier alpha value is -2.47. The summed E-state index contributed by atoms with van der Waals surface area (Å²) in [6.07, 6.45) is 0. The quantitative estimate of drug-likeness (QED) is 0.806. The predicted octanol–water partition coefficient (Wildman–Crippen LogP) is 3.06. The summed E-state index contributed by atoms with van der Waals surface area (Å²) in [7, 11) is 0. The van der Waals surface area contributed by atoms with Crippen LogP contribution in [0.25, 0.3) is 0 Å². The van der Waals surface area contributed by atoms with Crippen molar-refractivity contribution in [2.75, 3.05) is 11.1 Å². The van der Waals surface area contributed by atoms with Crippen molar-refractivity contribution in [3.05, 3.63) is 59.2 Å². The molecule has 90 valence electrons. The van der Waals surface area contributed by atoms with Gasteiger partial charge in [0, 0.05) is 17.9 Å². The molecule has 0 aromatic heterocycles. The zero-order chi connectivity index (χ0) is 13.0. The van der Waals surface area contributed by atoms with Gasteiger partial charge < -0.3 is 11.1 Å². The Labute approximate surface area is 107 Å². The highest BCUT2D eigenvalue weighted by molar-refractivity contribution is 5.56. The Morgan fingerprint density at radius 3 is 2.78 bits per heavy atom. The Balaban J connectivity index is 2.07. The van der Waals surface area contributed by atoms with Gasteiger partial charge in [-0.3, -0.25) is 0 Å². The number of hydrogen-bond donors (Lipinski definition) is 2. The summed E-state index contributed by atoms with van der Waals surface area (Å²) >= 11 is 0. The summed E-state index contributed by atoms with van der Waals surface area (Å²) in [6.45, 7) is 2.68. The van der Waals surface area contributed by atoms with Crippen LogP contribution in [0, 0.1) is 18.3 Å². The van der Waals surface area contributed by atoms with Crippen LogP contribution in [0.4, 0.5) is 11.4 Å². The third-order valence-electron chi connectivity index (χ3n) is 2.82. The van der Waals surface area contributed by atoms with E-state index in [1.54, 1.807) is 6.07 Å². The maximum atomic E-state index is 8.83. The molecule has 0 aliphatic heterocycles. The number of nitriles is 1. The van der Waals surface area contributed by atoms with Crippen LogP contribution in [0.2, 0.25) is 0 Å². The fraction of sp³-hybridized carbons (Fsp3) is 0.133. The molecule has 2 aromatic carbocycles. The number of nitrogen functional groups attached to an aromatic ring is 1. The Morgan fingerprint density at radius 2 is 2.06 bits per heavy atom. The molecule has 0 atom stereocenters. The normalized spacial score (nSPS) is 9.78. The van der Waals surface area contributed by atoms with Gasteiger partial charge in [-0.1, -0.05) is 12.1 Å². The summed E-state index contributed by atoms with van der Waals surface area (Å²) in [6, 6.07) is 15.6. The van der Waals surface area contributed by atoms with Crippen molar-refractivity contribution in [2.24, 2.45) is 0 Å². The molecule has 0 saturated carbocycles. The number of hydrogen-bond acceptors (Lipinski definition) is 3. The van der Waals surface area contributed by atoms with Crippen molar-refractivity contribution in [1.29, 1.82) is 5.26 Å². The fourth-order valence-electron chi connectivity index (χ4n) is 1.74. The minimum absolute atomic E-state index is 0.683. The van der Waals surface area contributed by atoms with Gasteiger partial charge in [0.2, 0.25) is 0 Å². The van der Waals surface area contributed by atoms with Crippen molar-refractivity contribution in [1.82, 2.24) is 0 Å². The lowest BCUT2D eigenvalue weighted by atomic mass is 10.1. The fourth-order valence-corrected chi connectivity index (χ4v) is 1.74. The molecule has 0 saturated heterocycles. The number of nitrogens with one attached hydrogen (secondary N) is 1. The summed E-state index contributed by atoms with van der Waals surface area (Å²) in [5.74, 6) is 0. The highest BCUT2D eigenvalue weighted by atomic mass is 14.9. The number of nitrogens with two attached hydrogens (primary N) is 1. The molecule has 0 amide bonds. The maximum absolute atomic E-state index is 8.83. The second-order valence-corrected chi connectivity index (χ2v) is 4.24. The zero-order valence-electron chi connectivity index (χ0n) is 10.3. The predicted molar refractivity (Wildman–Crippen MR) is 74.1 cm³/mol. The number of rotatable bonds is 3. The van der Waals surface area contributed by atoms with Crippen LogP contribution in [0.1, 0.15) is 16.7 Å². The lowest BCUT2D eigenvalue weighted by Gasteiger charge is -2.08. The average Bonchev–Trinajstić information content (AvgIpc) is 2.40. The van der Waals surface area contributed by atoms with E-state index in [0.717, 1.165) is 22.5 Å². The lowest BCUT2D eigenvalue weighted by Crippen LogP contribution is -2.00. The van der Waals surface area contributed by atoms with Gasteiger partial charge in [-0.05, 0) is 48.4 Å². The zero-order valence-corrected chi connectivity index (χ0v) is 10.3. The largest absolute Gasteiger partial charge is 0.399 e. The van der Waals surface area contributed by atoms with Crippen LogP contribution >= 0.6 is 0 Å². The van der Waals surface area contributed by atoms with E-state index in [2.05, 4.69) is 11.4 Å². The van der Waals surface area contributed by atoms with E-state index in [4.69, 9.17) is 11.0 Å². The molecular weight excluding hydrogens is 222 g/mol. The molecule has 3 heteroatoms. The molecule has 0 heterocycles. The van der Waals surface area contributed by atoms with Gasteiger partial charge in [0.15, 0.2) is 0 Å². The first-order valence-corrected chi connectivity index (χ1v) is 5.78. The van der Waals surface area contributed by atoms with Crippen molar-refractivity contribution >= 4 is 11.4 Å². The molecule has 0 fully saturated rings. The van der Waals surface area contributed by atoms with Gasteiger partial charge >= 0.3 is 0 Å². The van der Waals surface area contributed by atoms with Crippen molar-refractivity contribution in [3.8, 4) is 6.07 Å². The standard InChI is InChI=1S/C15H15N3/c1-11-7-14(5-6-15(11)17)18-10-13-4-2-3-12(8-13)9-16/h2-8,18H,10,17H2,1H3. The summed E-state index contributed by atoms with van der Waals surface area (Å²) in [5, 5.41) is 12.1. The van der Waals surface area contributed by atoms with E-state index >= 15 is 0 Å². The van der Waals surface area contributed by atoms with Gasteiger partial charge in [0.05, 0.1) is 11.6 Å². The topological polar surface area (TPSA) is 61.8 Å². The van der Waals surface area contributed by atoms with Crippen LogP contribution in [-0.2, 0) is 6.54 Å². The molecular formula is C15H15N3. The van der Waals surface area contributed by atoms with Crippen LogP contribution in [0.3, 0.4) is 0 Å². The highest BCUT2D eigenvalue weighted by Gasteiger charge is 1.98. The van der Waals surface area contributed by atoms with E-state index < -0.39 is 0 Å². The second kappa shape index (κ2) is 5.24. The molecule has 0 bridgehead atoms. The monoisotopic (exact) mass is 237 g/mol. The third kappa shape index (κ3) is 2.80. The number of anilines is 2. The molecule has 0 aliphatic carbocycles. The van der Waals surface area contributed by atoms with Crippen molar-refractivity contribution in [3.63, 3.8) is 0 Å². The van der Waals surface area contributed by atoms with Gasteiger partial charge in [0.25, 0.3) is 0 Å². The molecule has 0 spiro atoms. The number of aryl methyl sites for hydroxylation is 1. The van der Waals surface area contributed by atoms with Crippen LogP contribution in [-0.4, -0.2) is 0 Å². The molecule has 2 aromatic rings. The number of benzene rings is 2. The van der Waals surface area contributed by atoms with E-state index in [-0.39, 0.29) is 0 Å². The van der Waals surface area contributed by atoms with Crippen LogP contribution < -0.4 is 11.1 Å². The first kappa shape index (κ1) is 12.0. The van der Waals surface area contributed by atoms with E-state index in [9.17, 15) is 0 Å². The molecule has 18 heavy (non-hydrogen) atoms. The average molecular weight is 237 g/mol. The molecule has 0 aliphatic rings. The van der Waals surface area contributed by atoms with E-state index in [0.29, 0.717) is 12.1 Å². The Kier molecular flexibility index (Phi) is 3.49. The van der Waals surface area contributed by atoms with Gasteiger partial charge in [0.1, 0.15) is 0 Å². The first-order chi connectivity index (χ1) is 8.69. The van der Waals surface area contributed by atoms with Crippen LogP contribution in [0.5, 0.6) is 0 Å². The Morgan fingerprint density at radius 1 is 1.22 bits per heavy atom. The SMILES string of the molecule is Cc1cc(NCc2cccc(C#N)c2)ccc1N. The molecule has 2 rings (SSSR count). The molecule has 3 N–H and O–H groups in total. The van der Waals surface area contributed by atoms with E-state index in [1.165, 1.54) is 0 Å². The lowest BCUT2D eigenvalue weighted by molar-refractivity contribution is 1.14. The third-order valence-corrected chi connectivity index (χ3v) is 2.82. The summed E-state index contributed by atoms with van der Waals surface area (Å²) in [4.78, 5) is 0. The molecule has 0 radical (unpaired) electrons. The smallest absolute Gasteiger partial charge is 0.0991 e. The molecule has 3 nitrogen and oxygen atoms in total. The summed E-state index contributed by atoms with van der Waals surface area (Å²) < 4.78 is 0. The maximum Gasteiger partial charge on any atom is 0.0991 e. The Bertz CT molecular complexity index is 597. The molecule has 0 unspecified atom stereocenters. The van der Waals surface area contributed by atoms with Gasteiger partial charge in [-0.2, -0.15) is 5.26 Å². The summed E-state index contributed by atoms with van der Waals surface area (Å²) in [5.41, 5.74) is 10.4. The minimum Gasteiger partial charge on any atom is -0.399 e. The van der Waals surface area contributed by atoms with E-state index in [1.807, 2.05) is 43.3 Å². The van der Waals surface area contributed by atoms with Crippen molar-refractivity contribution < 1.29 is 0 Å². The van der Waals surface area contributed by atoms with Crippen LogP contribution in [0.15, 0.2) is 42.5 Å². The van der Waals surface area contributed by atoms with Crippen molar-refractivity contribution in [2.45, 2.75) is 13.5 Å². The highest BCUT2D eigenvalue weighted by Crippen LogP contribution is 2.17. The second-order valence-electron chi connectivity index (χ2n) is 4.24. The van der Waals surface area contributed by atoms with Gasteiger partial charge in [-0.15, -0.1) is 0 Å². The number of nitrogens with zero attached hydrogens (tertiary/aromatic N) is 1. The van der Waals surface area contributed by atoms with Gasteiger partial charge in [-0.25, -0.2) is 0 Å². The first-order valence-electron chi connectivity index (χ1n) is 5.78. The minimum atomic E-state index is 0.683.